The molecule has 0 bridgehead atoms. The molecule has 4 heteroatoms. The standard InChI is InChI=1S/C15H14BrF2N/c1-2-19(13-5-3-4-12(17)9-13)10-11-6-7-15(18)14(16)8-11/h3-9H,2,10H2,1H3. The molecule has 0 aliphatic carbocycles. The Morgan fingerprint density at radius 3 is 2.53 bits per heavy atom. The van der Waals surface area contributed by atoms with Crippen molar-refractivity contribution >= 4 is 21.6 Å². The number of hydrogen-bond donors (Lipinski definition) is 0. The SMILES string of the molecule is CCN(Cc1ccc(F)c(Br)c1)c1cccc(F)c1. The average molecular weight is 326 g/mol. The van der Waals surface area contributed by atoms with Crippen LogP contribution in [0.1, 0.15) is 12.5 Å². The van der Waals surface area contributed by atoms with Gasteiger partial charge in [-0.15, -0.1) is 0 Å². The molecule has 0 heterocycles. The van der Waals surface area contributed by atoms with Gasteiger partial charge in [0.05, 0.1) is 4.47 Å². The Hall–Kier alpha value is -1.42. The largest absolute Gasteiger partial charge is 0.367 e. The van der Waals surface area contributed by atoms with Crippen LogP contribution >= 0.6 is 15.9 Å². The molecule has 19 heavy (non-hydrogen) atoms. The van der Waals surface area contributed by atoms with Crippen LogP contribution in [-0.4, -0.2) is 6.54 Å². The quantitative estimate of drug-likeness (QED) is 0.783. The number of benzene rings is 2. The summed E-state index contributed by atoms with van der Waals surface area (Å²) >= 11 is 3.17. The van der Waals surface area contributed by atoms with Gasteiger partial charge in [-0.1, -0.05) is 12.1 Å². The lowest BCUT2D eigenvalue weighted by Crippen LogP contribution is -2.22. The summed E-state index contributed by atoms with van der Waals surface area (Å²) in [6, 6.07) is 11.4. The molecule has 1 nitrogen and oxygen atoms in total. The maximum atomic E-state index is 13.2. The van der Waals surface area contributed by atoms with Crippen LogP contribution in [0.15, 0.2) is 46.9 Å². The number of hydrogen-bond acceptors (Lipinski definition) is 1. The first-order chi connectivity index (χ1) is 9.10. The Morgan fingerprint density at radius 2 is 1.89 bits per heavy atom. The first-order valence-corrected chi connectivity index (χ1v) is 6.84. The van der Waals surface area contributed by atoms with Crippen LogP contribution in [0.4, 0.5) is 14.5 Å². The van der Waals surface area contributed by atoms with Gasteiger partial charge in [0.15, 0.2) is 0 Å². The fraction of sp³-hybridized carbons (Fsp3) is 0.200. The zero-order valence-electron chi connectivity index (χ0n) is 10.5. The van der Waals surface area contributed by atoms with E-state index in [0.29, 0.717) is 11.0 Å². The Labute approximate surface area is 120 Å². The molecule has 0 aliphatic heterocycles. The highest BCUT2D eigenvalue weighted by molar-refractivity contribution is 9.10. The van der Waals surface area contributed by atoms with Crippen molar-refractivity contribution in [3.63, 3.8) is 0 Å². The third kappa shape index (κ3) is 3.53. The second-order valence-corrected chi connectivity index (χ2v) is 5.10. The van der Waals surface area contributed by atoms with Gasteiger partial charge in [-0.05, 0) is 58.7 Å². The lowest BCUT2D eigenvalue weighted by Gasteiger charge is -2.23. The first kappa shape index (κ1) is 14.0. The Kier molecular flexibility index (Phi) is 4.53. The summed E-state index contributed by atoms with van der Waals surface area (Å²) in [5.41, 5.74) is 1.79. The van der Waals surface area contributed by atoms with Crippen LogP contribution in [0.2, 0.25) is 0 Å². The minimum Gasteiger partial charge on any atom is -0.367 e. The predicted molar refractivity (Wildman–Crippen MR) is 77.2 cm³/mol. The lowest BCUT2D eigenvalue weighted by atomic mass is 10.2. The number of anilines is 1. The number of halogens is 3. The van der Waals surface area contributed by atoms with Crippen molar-refractivity contribution in [1.29, 1.82) is 0 Å². The van der Waals surface area contributed by atoms with Gasteiger partial charge in [0, 0.05) is 18.8 Å². The van der Waals surface area contributed by atoms with Crippen molar-refractivity contribution in [2.45, 2.75) is 13.5 Å². The maximum absolute atomic E-state index is 13.2. The Morgan fingerprint density at radius 1 is 1.11 bits per heavy atom. The second-order valence-electron chi connectivity index (χ2n) is 4.24. The fourth-order valence-corrected chi connectivity index (χ4v) is 2.34. The molecule has 0 saturated carbocycles. The maximum Gasteiger partial charge on any atom is 0.137 e. The van der Waals surface area contributed by atoms with E-state index in [0.717, 1.165) is 17.8 Å². The Balaban J connectivity index is 2.21. The van der Waals surface area contributed by atoms with Gasteiger partial charge >= 0.3 is 0 Å². The zero-order chi connectivity index (χ0) is 13.8. The van der Waals surface area contributed by atoms with Crippen LogP contribution in [0, 0.1) is 11.6 Å². The molecular formula is C15H14BrF2N. The van der Waals surface area contributed by atoms with Gasteiger partial charge in [-0.3, -0.25) is 0 Å². The van der Waals surface area contributed by atoms with E-state index >= 15 is 0 Å². The number of rotatable bonds is 4. The van der Waals surface area contributed by atoms with Gasteiger partial charge in [0.25, 0.3) is 0 Å². The molecule has 0 fully saturated rings. The van der Waals surface area contributed by atoms with Crippen molar-refractivity contribution in [2.24, 2.45) is 0 Å². The van der Waals surface area contributed by atoms with E-state index in [1.54, 1.807) is 18.2 Å². The van der Waals surface area contributed by atoms with Crippen molar-refractivity contribution in [3.05, 3.63) is 64.1 Å². The molecule has 0 saturated heterocycles. The van der Waals surface area contributed by atoms with E-state index < -0.39 is 0 Å². The normalized spacial score (nSPS) is 10.5. The van der Waals surface area contributed by atoms with E-state index in [4.69, 9.17) is 0 Å². The van der Waals surface area contributed by atoms with Crippen LogP contribution in [0.3, 0.4) is 0 Å². The molecule has 2 rings (SSSR count). The lowest BCUT2D eigenvalue weighted by molar-refractivity contribution is 0.619. The summed E-state index contributed by atoms with van der Waals surface area (Å²) in [5.74, 6) is -0.534. The molecule has 0 aliphatic rings. The summed E-state index contributed by atoms with van der Waals surface area (Å²) in [5, 5.41) is 0. The van der Waals surface area contributed by atoms with E-state index in [9.17, 15) is 8.78 Å². The molecule has 0 radical (unpaired) electrons. The summed E-state index contributed by atoms with van der Waals surface area (Å²) < 4.78 is 26.9. The molecule has 0 amide bonds. The molecule has 0 N–H and O–H groups in total. The van der Waals surface area contributed by atoms with Crippen molar-refractivity contribution in [3.8, 4) is 0 Å². The van der Waals surface area contributed by atoms with Gasteiger partial charge in [-0.2, -0.15) is 0 Å². The molecule has 0 atom stereocenters. The van der Waals surface area contributed by atoms with Crippen LogP contribution in [0.25, 0.3) is 0 Å². The van der Waals surface area contributed by atoms with E-state index in [-0.39, 0.29) is 11.6 Å². The van der Waals surface area contributed by atoms with Gasteiger partial charge in [0.2, 0.25) is 0 Å². The minimum absolute atomic E-state index is 0.253. The molecule has 2 aromatic rings. The summed E-state index contributed by atoms with van der Waals surface area (Å²) in [4.78, 5) is 2.03. The third-order valence-corrected chi connectivity index (χ3v) is 3.52. The van der Waals surface area contributed by atoms with Crippen molar-refractivity contribution in [1.82, 2.24) is 0 Å². The van der Waals surface area contributed by atoms with E-state index in [1.807, 2.05) is 17.9 Å². The molecule has 0 aromatic heterocycles. The minimum atomic E-state index is -0.280. The Bertz CT molecular complexity index is 572. The summed E-state index contributed by atoms with van der Waals surface area (Å²) in [6.07, 6.45) is 0. The topological polar surface area (TPSA) is 3.24 Å². The molecule has 100 valence electrons. The summed E-state index contributed by atoms with van der Waals surface area (Å²) in [7, 11) is 0. The van der Waals surface area contributed by atoms with Gasteiger partial charge < -0.3 is 4.90 Å². The molecule has 2 aromatic carbocycles. The first-order valence-electron chi connectivity index (χ1n) is 6.04. The molecular weight excluding hydrogens is 312 g/mol. The molecule has 0 unspecified atom stereocenters. The van der Waals surface area contributed by atoms with Crippen molar-refractivity contribution in [2.75, 3.05) is 11.4 Å². The predicted octanol–water partition coefficient (Wildman–Crippen LogP) is 4.75. The van der Waals surface area contributed by atoms with Crippen LogP contribution in [-0.2, 0) is 6.54 Å². The second kappa shape index (κ2) is 6.15. The summed E-state index contributed by atoms with van der Waals surface area (Å²) in [6.45, 7) is 3.36. The average Bonchev–Trinajstić information content (AvgIpc) is 2.40. The smallest absolute Gasteiger partial charge is 0.137 e. The van der Waals surface area contributed by atoms with Crippen molar-refractivity contribution < 1.29 is 8.78 Å². The molecule has 0 spiro atoms. The highest BCUT2D eigenvalue weighted by Gasteiger charge is 2.08. The van der Waals surface area contributed by atoms with Crippen LogP contribution < -0.4 is 4.90 Å². The number of nitrogens with zero attached hydrogens (tertiary/aromatic N) is 1. The fourth-order valence-electron chi connectivity index (χ4n) is 1.92. The van der Waals surface area contributed by atoms with Gasteiger partial charge in [-0.25, -0.2) is 8.78 Å². The highest BCUT2D eigenvalue weighted by Crippen LogP contribution is 2.21. The van der Waals surface area contributed by atoms with Gasteiger partial charge in [0.1, 0.15) is 11.6 Å². The van der Waals surface area contributed by atoms with E-state index in [1.165, 1.54) is 18.2 Å². The van der Waals surface area contributed by atoms with E-state index in [2.05, 4.69) is 15.9 Å². The van der Waals surface area contributed by atoms with Crippen LogP contribution in [0.5, 0.6) is 0 Å². The zero-order valence-corrected chi connectivity index (χ0v) is 12.1. The third-order valence-electron chi connectivity index (χ3n) is 2.91. The monoisotopic (exact) mass is 325 g/mol. The highest BCUT2D eigenvalue weighted by atomic mass is 79.9.